The van der Waals surface area contributed by atoms with E-state index in [9.17, 15) is 0 Å². The van der Waals surface area contributed by atoms with Crippen molar-refractivity contribution in [1.29, 1.82) is 0 Å². The van der Waals surface area contributed by atoms with E-state index in [2.05, 4.69) is 51.8 Å². The van der Waals surface area contributed by atoms with Crippen LogP contribution >= 0.6 is 35.3 Å². The van der Waals surface area contributed by atoms with E-state index in [4.69, 9.17) is 0 Å². The van der Waals surface area contributed by atoms with Gasteiger partial charge in [0.25, 0.3) is 0 Å². The number of hydrogen-bond acceptors (Lipinski definition) is 3. The van der Waals surface area contributed by atoms with Crippen molar-refractivity contribution in [3.63, 3.8) is 0 Å². The molecule has 24 heavy (non-hydrogen) atoms. The molecule has 3 rings (SSSR count). The van der Waals surface area contributed by atoms with E-state index < -0.39 is 0 Å². The van der Waals surface area contributed by atoms with Crippen LogP contribution in [0.15, 0.2) is 35.5 Å². The minimum absolute atomic E-state index is 0. The second kappa shape index (κ2) is 9.36. The van der Waals surface area contributed by atoms with Crippen LogP contribution < -0.4 is 10.6 Å². The maximum Gasteiger partial charge on any atom is 0.191 e. The molecule has 1 atom stereocenters. The minimum atomic E-state index is 0. The second-order valence-electron chi connectivity index (χ2n) is 5.85. The quantitative estimate of drug-likeness (QED) is 0.421. The smallest absolute Gasteiger partial charge is 0.191 e. The van der Waals surface area contributed by atoms with E-state index in [0.717, 1.165) is 43.2 Å². The Bertz CT molecular complexity index is 683. The standard InChI is InChI=1S/C18H24N4S.HI/c1-3-16-11-20-17(23-16)12-21-18(19-2)22-15-9-8-13-6-4-5-7-14(13)10-15;/h4-7,11,15H,3,8-10,12H2,1-2H3,(H2,19,21,22);1H. The maximum absolute atomic E-state index is 4.44. The molecule has 0 radical (unpaired) electrons. The molecular weight excluding hydrogens is 431 g/mol. The largest absolute Gasteiger partial charge is 0.353 e. The first-order valence-corrected chi connectivity index (χ1v) is 9.07. The number of benzene rings is 1. The summed E-state index contributed by atoms with van der Waals surface area (Å²) in [7, 11) is 1.82. The lowest BCUT2D eigenvalue weighted by Gasteiger charge is -2.27. The minimum Gasteiger partial charge on any atom is -0.353 e. The number of thiazole rings is 1. The molecule has 1 aliphatic rings. The molecule has 1 aromatic carbocycles. The highest BCUT2D eigenvalue weighted by Crippen LogP contribution is 2.21. The van der Waals surface area contributed by atoms with Crippen LogP contribution in [0, 0.1) is 0 Å². The van der Waals surface area contributed by atoms with Gasteiger partial charge in [-0.05, 0) is 36.8 Å². The lowest BCUT2D eigenvalue weighted by Crippen LogP contribution is -2.45. The first-order valence-electron chi connectivity index (χ1n) is 8.26. The second-order valence-corrected chi connectivity index (χ2v) is 7.05. The van der Waals surface area contributed by atoms with Gasteiger partial charge < -0.3 is 10.6 Å². The van der Waals surface area contributed by atoms with Crippen LogP contribution in [0.1, 0.15) is 34.4 Å². The zero-order chi connectivity index (χ0) is 16.1. The van der Waals surface area contributed by atoms with Crippen LogP contribution in [0.3, 0.4) is 0 Å². The Morgan fingerprint density at radius 2 is 2.12 bits per heavy atom. The fraction of sp³-hybridized carbons (Fsp3) is 0.444. The van der Waals surface area contributed by atoms with E-state index in [1.165, 1.54) is 16.0 Å². The van der Waals surface area contributed by atoms with Gasteiger partial charge in [0.15, 0.2) is 5.96 Å². The molecule has 2 aromatic rings. The molecule has 1 aliphatic carbocycles. The van der Waals surface area contributed by atoms with Crippen LogP contribution in [0.5, 0.6) is 0 Å². The summed E-state index contributed by atoms with van der Waals surface area (Å²) in [6.07, 6.45) is 6.36. The first-order chi connectivity index (χ1) is 11.3. The highest BCUT2D eigenvalue weighted by Gasteiger charge is 2.19. The number of aryl methyl sites for hydroxylation is 2. The van der Waals surface area contributed by atoms with Crippen molar-refractivity contribution >= 4 is 41.3 Å². The Morgan fingerprint density at radius 1 is 1.33 bits per heavy atom. The number of halogens is 1. The predicted octanol–water partition coefficient (Wildman–Crippen LogP) is 3.55. The number of rotatable bonds is 4. The Kier molecular flexibility index (Phi) is 7.48. The SMILES string of the molecule is CCc1cnc(CNC(=NC)NC2CCc3ccccc3C2)s1.I. The molecule has 0 amide bonds. The summed E-state index contributed by atoms with van der Waals surface area (Å²) in [6, 6.07) is 9.18. The summed E-state index contributed by atoms with van der Waals surface area (Å²) >= 11 is 1.77. The van der Waals surface area contributed by atoms with Gasteiger partial charge in [-0.3, -0.25) is 4.99 Å². The Hall–Kier alpha value is -1.15. The van der Waals surface area contributed by atoms with Crippen molar-refractivity contribution in [2.75, 3.05) is 7.05 Å². The summed E-state index contributed by atoms with van der Waals surface area (Å²) in [4.78, 5) is 10.1. The number of nitrogens with zero attached hydrogens (tertiary/aromatic N) is 2. The van der Waals surface area contributed by atoms with Gasteiger partial charge >= 0.3 is 0 Å². The zero-order valence-electron chi connectivity index (χ0n) is 14.2. The van der Waals surface area contributed by atoms with Crippen molar-refractivity contribution < 1.29 is 0 Å². The molecule has 1 heterocycles. The summed E-state index contributed by atoms with van der Waals surface area (Å²) in [5.74, 6) is 0.864. The number of guanidine groups is 1. The molecule has 1 aromatic heterocycles. The van der Waals surface area contributed by atoms with Gasteiger partial charge in [0.1, 0.15) is 5.01 Å². The van der Waals surface area contributed by atoms with E-state index >= 15 is 0 Å². The number of aromatic nitrogens is 1. The van der Waals surface area contributed by atoms with Gasteiger partial charge in [-0.1, -0.05) is 31.2 Å². The van der Waals surface area contributed by atoms with Gasteiger partial charge in [-0.2, -0.15) is 0 Å². The van der Waals surface area contributed by atoms with Crippen LogP contribution in [-0.4, -0.2) is 24.0 Å². The fourth-order valence-corrected chi connectivity index (χ4v) is 3.76. The number of fused-ring (bicyclic) bond motifs is 1. The molecule has 2 N–H and O–H groups in total. The normalized spacial score (nSPS) is 16.9. The van der Waals surface area contributed by atoms with Crippen molar-refractivity contribution in [1.82, 2.24) is 15.6 Å². The summed E-state index contributed by atoms with van der Waals surface area (Å²) < 4.78 is 0. The summed E-state index contributed by atoms with van der Waals surface area (Å²) in [5, 5.41) is 8.04. The van der Waals surface area contributed by atoms with E-state index in [1.54, 1.807) is 11.3 Å². The Balaban J connectivity index is 0.00000208. The monoisotopic (exact) mass is 456 g/mol. The lowest BCUT2D eigenvalue weighted by atomic mass is 9.88. The van der Waals surface area contributed by atoms with Crippen molar-refractivity contribution in [2.24, 2.45) is 4.99 Å². The third-order valence-corrected chi connectivity index (χ3v) is 5.41. The van der Waals surface area contributed by atoms with Gasteiger partial charge in [0, 0.05) is 24.2 Å². The highest BCUT2D eigenvalue weighted by molar-refractivity contribution is 14.0. The number of hydrogen-bond donors (Lipinski definition) is 2. The maximum atomic E-state index is 4.44. The molecule has 0 saturated carbocycles. The molecule has 4 nitrogen and oxygen atoms in total. The topological polar surface area (TPSA) is 49.3 Å². The van der Waals surface area contributed by atoms with E-state index in [-0.39, 0.29) is 24.0 Å². The molecule has 0 spiro atoms. The van der Waals surface area contributed by atoms with E-state index in [1.807, 2.05) is 13.2 Å². The molecule has 6 heteroatoms. The molecule has 1 unspecified atom stereocenters. The van der Waals surface area contributed by atoms with Gasteiger partial charge in [0.05, 0.1) is 6.54 Å². The first kappa shape index (κ1) is 19.2. The number of aliphatic imine (C=N–C) groups is 1. The number of nitrogens with one attached hydrogen (secondary N) is 2. The van der Waals surface area contributed by atoms with Crippen molar-refractivity contribution in [2.45, 2.75) is 45.2 Å². The van der Waals surface area contributed by atoms with Gasteiger partial charge in [0.2, 0.25) is 0 Å². The Labute approximate surface area is 165 Å². The molecule has 0 saturated heterocycles. The van der Waals surface area contributed by atoms with Gasteiger partial charge in [-0.25, -0.2) is 4.98 Å². The molecule has 0 bridgehead atoms. The van der Waals surface area contributed by atoms with Gasteiger partial charge in [-0.15, -0.1) is 35.3 Å². The third-order valence-electron chi connectivity index (χ3n) is 4.27. The molecule has 0 aliphatic heterocycles. The average Bonchev–Trinajstić information content (AvgIpc) is 3.06. The zero-order valence-corrected chi connectivity index (χ0v) is 17.4. The predicted molar refractivity (Wildman–Crippen MR) is 112 cm³/mol. The third kappa shape index (κ3) is 4.92. The average molecular weight is 456 g/mol. The van der Waals surface area contributed by atoms with Crippen LogP contribution in [-0.2, 0) is 25.8 Å². The van der Waals surface area contributed by atoms with E-state index in [0.29, 0.717) is 6.04 Å². The summed E-state index contributed by atoms with van der Waals surface area (Å²) in [5.41, 5.74) is 2.95. The van der Waals surface area contributed by atoms with Crippen molar-refractivity contribution in [3.8, 4) is 0 Å². The Morgan fingerprint density at radius 3 is 2.83 bits per heavy atom. The fourth-order valence-electron chi connectivity index (χ4n) is 2.96. The van der Waals surface area contributed by atoms with Crippen LogP contribution in [0.4, 0.5) is 0 Å². The molecule has 130 valence electrons. The highest BCUT2D eigenvalue weighted by atomic mass is 127. The van der Waals surface area contributed by atoms with Crippen LogP contribution in [0.25, 0.3) is 0 Å². The van der Waals surface area contributed by atoms with Crippen molar-refractivity contribution in [3.05, 3.63) is 51.5 Å². The molecular formula is C18H25IN4S. The van der Waals surface area contributed by atoms with Crippen LogP contribution in [0.2, 0.25) is 0 Å². The summed E-state index contributed by atoms with van der Waals surface area (Å²) in [6.45, 7) is 2.89. The lowest BCUT2D eigenvalue weighted by molar-refractivity contribution is 0.520. The molecule has 0 fully saturated rings.